The number of primary amides is 1. The molecule has 0 spiro atoms. The highest BCUT2D eigenvalue weighted by molar-refractivity contribution is 5.92. The molecule has 1 rings (SSSR count). The molecule has 0 fully saturated rings. The van der Waals surface area contributed by atoms with Crippen molar-refractivity contribution in [2.45, 2.75) is 32.6 Å². The lowest BCUT2D eigenvalue weighted by Gasteiger charge is -2.23. The summed E-state index contributed by atoms with van der Waals surface area (Å²) in [7, 11) is 0. The molecule has 0 aliphatic heterocycles. The van der Waals surface area contributed by atoms with Crippen LogP contribution in [0.2, 0.25) is 0 Å². The minimum absolute atomic E-state index is 0.103. The van der Waals surface area contributed by atoms with E-state index in [1.165, 1.54) is 0 Å². The molecule has 2 nitrogen and oxygen atoms in total. The highest BCUT2D eigenvalue weighted by Gasteiger charge is 2.18. The summed E-state index contributed by atoms with van der Waals surface area (Å²) in [6.07, 6.45) is 1.04. The topological polar surface area (TPSA) is 43.1 Å². The Labute approximate surface area is 85.1 Å². The molecule has 2 heteroatoms. The predicted octanol–water partition coefficient (Wildman–Crippen LogP) is 2.47. The van der Waals surface area contributed by atoms with Gasteiger partial charge in [-0.2, -0.15) is 0 Å². The van der Waals surface area contributed by atoms with Gasteiger partial charge in [-0.25, -0.2) is 0 Å². The fourth-order valence-electron chi connectivity index (χ4n) is 1.30. The summed E-state index contributed by atoms with van der Waals surface area (Å²) in [6, 6.07) is 7.55. The van der Waals surface area contributed by atoms with E-state index >= 15 is 0 Å². The van der Waals surface area contributed by atoms with Gasteiger partial charge in [-0.15, -0.1) is 0 Å². The van der Waals surface area contributed by atoms with E-state index in [-0.39, 0.29) is 11.3 Å². The van der Waals surface area contributed by atoms with Gasteiger partial charge in [0, 0.05) is 5.56 Å². The molecule has 0 aliphatic carbocycles. The predicted molar refractivity (Wildman–Crippen MR) is 58.3 cm³/mol. The Balaban J connectivity index is 3.12. The van der Waals surface area contributed by atoms with Crippen LogP contribution in [0.25, 0.3) is 0 Å². The lowest BCUT2D eigenvalue weighted by molar-refractivity contribution is 0.1000. The van der Waals surface area contributed by atoms with Crippen molar-refractivity contribution >= 4 is 5.91 Å². The van der Waals surface area contributed by atoms with Crippen molar-refractivity contribution < 1.29 is 4.79 Å². The molecular formula is C12H17NO. The second-order valence-electron chi connectivity index (χ2n) is 4.18. The van der Waals surface area contributed by atoms with Gasteiger partial charge in [0.15, 0.2) is 0 Å². The third kappa shape index (κ3) is 2.13. The Morgan fingerprint density at radius 3 is 2.57 bits per heavy atom. The molecule has 1 aromatic rings. The Kier molecular flexibility index (Phi) is 2.94. The maximum atomic E-state index is 11.0. The summed E-state index contributed by atoms with van der Waals surface area (Å²) in [5.74, 6) is -0.362. The molecular weight excluding hydrogens is 174 g/mol. The number of amides is 1. The van der Waals surface area contributed by atoms with E-state index in [9.17, 15) is 4.79 Å². The maximum absolute atomic E-state index is 11.0. The first-order valence-corrected chi connectivity index (χ1v) is 4.87. The number of benzene rings is 1. The normalized spacial score (nSPS) is 11.4. The van der Waals surface area contributed by atoms with Crippen molar-refractivity contribution in [1.29, 1.82) is 0 Å². The van der Waals surface area contributed by atoms with Crippen LogP contribution in [0, 0.1) is 0 Å². The molecule has 0 saturated carbocycles. The fraction of sp³-hybridized carbons (Fsp3) is 0.417. The first-order chi connectivity index (χ1) is 6.47. The average molecular weight is 191 g/mol. The first kappa shape index (κ1) is 10.8. The van der Waals surface area contributed by atoms with Gasteiger partial charge in [-0.05, 0) is 29.5 Å². The zero-order chi connectivity index (χ0) is 10.8. The molecule has 2 N–H and O–H groups in total. The highest BCUT2D eigenvalue weighted by atomic mass is 16.1. The smallest absolute Gasteiger partial charge is 0.248 e. The zero-order valence-electron chi connectivity index (χ0n) is 9.00. The summed E-state index contributed by atoms with van der Waals surface area (Å²) < 4.78 is 0. The van der Waals surface area contributed by atoms with Gasteiger partial charge in [0.05, 0.1) is 0 Å². The largest absolute Gasteiger partial charge is 0.366 e. The van der Waals surface area contributed by atoms with Crippen LogP contribution in [0.1, 0.15) is 43.1 Å². The Morgan fingerprint density at radius 2 is 2.07 bits per heavy atom. The van der Waals surface area contributed by atoms with E-state index in [0.29, 0.717) is 5.56 Å². The van der Waals surface area contributed by atoms with E-state index in [0.717, 1.165) is 12.0 Å². The van der Waals surface area contributed by atoms with Crippen molar-refractivity contribution in [3.8, 4) is 0 Å². The average Bonchev–Trinajstić information content (AvgIpc) is 2.18. The van der Waals surface area contributed by atoms with Gasteiger partial charge in [0.25, 0.3) is 0 Å². The van der Waals surface area contributed by atoms with Crippen LogP contribution in [0.3, 0.4) is 0 Å². The van der Waals surface area contributed by atoms with Crippen LogP contribution >= 0.6 is 0 Å². The number of nitrogens with two attached hydrogens (primary N) is 1. The summed E-state index contributed by atoms with van der Waals surface area (Å²) in [4.78, 5) is 11.0. The first-order valence-electron chi connectivity index (χ1n) is 4.87. The van der Waals surface area contributed by atoms with Crippen LogP contribution in [-0.4, -0.2) is 5.91 Å². The molecule has 0 radical (unpaired) electrons. The molecule has 0 saturated heterocycles. The molecule has 14 heavy (non-hydrogen) atoms. The monoisotopic (exact) mass is 191 g/mol. The summed E-state index contributed by atoms with van der Waals surface area (Å²) >= 11 is 0. The Morgan fingerprint density at radius 1 is 1.43 bits per heavy atom. The standard InChI is InChI=1S/C12H17NO/c1-4-12(2,3)10-7-5-6-9(8-10)11(13)14/h5-8H,4H2,1-3H3,(H2,13,14). The van der Waals surface area contributed by atoms with Crippen LogP contribution in [0.15, 0.2) is 24.3 Å². The van der Waals surface area contributed by atoms with E-state index in [1.807, 2.05) is 18.2 Å². The van der Waals surface area contributed by atoms with Crippen molar-refractivity contribution in [2.24, 2.45) is 5.73 Å². The van der Waals surface area contributed by atoms with Gasteiger partial charge in [-0.3, -0.25) is 4.79 Å². The van der Waals surface area contributed by atoms with Crippen molar-refractivity contribution in [3.05, 3.63) is 35.4 Å². The lowest BCUT2D eigenvalue weighted by atomic mass is 9.82. The number of rotatable bonds is 3. The van der Waals surface area contributed by atoms with Crippen LogP contribution < -0.4 is 5.73 Å². The van der Waals surface area contributed by atoms with E-state index in [4.69, 9.17) is 5.73 Å². The number of carbonyl (C=O) groups excluding carboxylic acids is 1. The van der Waals surface area contributed by atoms with Crippen molar-refractivity contribution in [1.82, 2.24) is 0 Å². The molecule has 0 aromatic heterocycles. The molecule has 0 aliphatic rings. The molecule has 76 valence electrons. The zero-order valence-corrected chi connectivity index (χ0v) is 9.00. The van der Waals surface area contributed by atoms with Crippen molar-refractivity contribution in [2.75, 3.05) is 0 Å². The minimum Gasteiger partial charge on any atom is -0.366 e. The number of hydrogen-bond donors (Lipinski definition) is 1. The van der Waals surface area contributed by atoms with Crippen LogP contribution in [0.5, 0.6) is 0 Å². The SMILES string of the molecule is CCC(C)(C)c1cccc(C(N)=O)c1. The second-order valence-corrected chi connectivity index (χ2v) is 4.18. The van der Waals surface area contributed by atoms with Gasteiger partial charge >= 0.3 is 0 Å². The summed E-state index contributed by atoms with van der Waals surface area (Å²) in [6.45, 7) is 6.46. The third-order valence-electron chi connectivity index (χ3n) is 2.81. The Hall–Kier alpha value is -1.31. The summed E-state index contributed by atoms with van der Waals surface area (Å²) in [5.41, 5.74) is 7.08. The molecule has 0 atom stereocenters. The van der Waals surface area contributed by atoms with Gasteiger partial charge in [-0.1, -0.05) is 32.9 Å². The maximum Gasteiger partial charge on any atom is 0.248 e. The van der Waals surface area contributed by atoms with E-state index in [1.54, 1.807) is 6.07 Å². The molecule has 0 bridgehead atoms. The van der Waals surface area contributed by atoms with E-state index < -0.39 is 0 Å². The van der Waals surface area contributed by atoms with Crippen LogP contribution in [-0.2, 0) is 5.41 Å². The van der Waals surface area contributed by atoms with Crippen LogP contribution in [0.4, 0.5) is 0 Å². The summed E-state index contributed by atoms with van der Waals surface area (Å²) in [5, 5.41) is 0. The van der Waals surface area contributed by atoms with Crippen molar-refractivity contribution in [3.63, 3.8) is 0 Å². The molecule has 1 aromatic carbocycles. The van der Waals surface area contributed by atoms with Gasteiger partial charge in [0.1, 0.15) is 0 Å². The van der Waals surface area contributed by atoms with Gasteiger partial charge in [0.2, 0.25) is 5.91 Å². The fourth-order valence-corrected chi connectivity index (χ4v) is 1.30. The molecule has 1 amide bonds. The second kappa shape index (κ2) is 3.82. The lowest BCUT2D eigenvalue weighted by Crippen LogP contribution is -2.17. The van der Waals surface area contributed by atoms with Gasteiger partial charge < -0.3 is 5.73 Å². The third-order valence-corrected chi connectivity index (χ3v) is 2.81. The molecule has 0 unspecified atom stereocenters. The van der Waals surface area contributed by atoms with E-state index in [2.05, 4.69) is 20.8 Å². The molecule has 0 heterocycles. The number of carbonyl (C=O) groups is 1. The Bertz CT molecular complexity index is 342. The highest BCUT2D eigenvalue weighted by Crippen LogP contribution is 2.26. The minimum atomic E-state index is -0.362. The number of hydrogen-bond acceptors (Lipinski definition) is 1. The quantitative estimate of drug-likeness (QED) is 0.783.